The Hall–Kier alpha value is -2.56. The first-order valence-corrected chi connectivity index (χ1v) is 6.02. The molecule has 5 nitrogen and oxygen atoms in total. The van der Waals surface area contributed by atoms with Crippen LogP contribution in [0.25, 0.3) is 5.65 Å². The van der Waals surface area contributed by atoms with Crippen molar-refractivity contribution >= 4 is 11.3 Å². The number of aryl methyl sites for hydroxylation is 1. The molecule has 3 heterocycles. The lowest BCUT2D eigenvalue weighted by atomic mass is 10.3. The SMILES string of the molecule is Cc1cccn2cc(Cn3cc(N)ccc3=O)nc12. The Balaban J connectivity index is 2.04. The Labute approximate surface area is 109 Å². The molecule has 0 saturated carbocycles. The van der Waals surface area contributed by atoms with Crippen LogP contribution in [0.3, 0.4) is 0 Å². The monoisotopic (exact) mass is 254 g/mol. The first-order chi connectivity index (χ1) is 9.13. The standard InChI is InChI=1S/C14H14N4O/c1-10-3-2-6-17-8-12(16-14(10)17)9-18-7-11(15)4-5-13(18)19/h2-8H,9,15H2,1H3. The van der Waals surface area contributed by atoms with Crippen LogP contribution in [0.15, 0.2) is 47.7 Å². The number of hydrogen-bond acceptors (Lipinski definition) is 3. The van der Waals surface area contributed by atoms with Crippen molar-refractivity contribution in [1.29, 1.82) is 0 Å². The van der Waals surface area contributed by atoms with Gasteiger partial charge >= 0.3 is 0 Å². The maximum Gasteiger partial charge on any atom is 0.251 e. The predicted octanol–water partition coefficient (Wildman–Crippen LogP) is 1.43. The van der Waals surface area contributed by atoms with Gasteiger partial charge in [0.2, 0.25) is 0 Å². The van der Waals surface area contributed by atoms with Crippen LogP contribution >= 0.6 is 0 Å². The number of rotatable bonds is 2. The highest BCUT2D eigenvalue weighted by Gasteiger charge is 2.05. The largest absolute Gasteiger partial charge is 0.398 e. The molecule has 0 aliphatic rings. The van der Waals surface area contributed by atoms with E-state index in [1.165, 1.54) is 6.07 Å². The minimum atomic E-state index is -0.0806. The Kier molecular flexibility index (Phi) is 2.59. The van der Waals surface area contributed by atoms with Crippen LogP contribution in [0.2, 0.25) is 0 Å². The summed E-state index contributed by atoms with van der Waals surface area (Å²) in [5.41, 5.74) is 9.04. The number of fused-ring (bicyclic) bond motifs is 1. The fourth-order valence-electron chi connectivity index (χ4n) is 2.13. The number of nitrogens with zero attached hydrogens (tertiary/aromatic N) is 3. The van der Waals surface area contributed by atoms with Crippen LogP contribution in [0.1, 0.15) is 11.3 Å². The fraction of sp³-hybridized carbons (Fsp3) is 0.143. The molecule has 3 aromatic rings. The number of anilines is 1. The average molecular weight is 254 g/mol. The number of nitrogens with two attached hydrogens (primary N) is 1. The summed E-state index contributed by atoms with van der Waals surface area (Å²) in [6, 6.07) is 7.06. The van der Waals surface area contributed by atoms with Crippen molar-refractivity contribution < 1.29 is 0 Å². The maximum absolute atomic E-state index is 11.7. The highest BCUT2D eigenvalue weighted by Crippen LogP contribution is 2.10. The van der Waals surface area contributed by atoms with E-state index in [1.807, 2.05) is 35.9 Å². The predicted molar refractivity (Wildman–Crippen MR) is 74.1 cm³/mol. The Morgan fingerprint density at radius 2 is 2.11 bits per heavy atom. The van der Waals surface area contributed by atoms with Gasteiger partial charge in [-0.1, -0.05) is 6.07 Å². The molecule has 19 heavy (non-hydrogen) atoms. The summed E-state index contributed by atoms with van der Waals surface area (Å²) in [7, 11) is 0. The lowest BCUT2D eigenvalue weighted by Gasteiger charge is -2.03. The van der Waals surface area contributed by atoms with Crippen LogP contribution in [0.5, 0.6) is 0 Å². The third kappa shape index (κ3) is 2.10. The molecule has 0 spiro atoms. The number of pyridine rings is 2. The molecule has 96 valence electrons. The van der Waals surface area contributed by atoms with E-state index in [1.54, 1.807) is 16.8 Å². The van der Waals surface area contributed by atoms with Gasteiger partial charge in [-0.05, 0) is 24.6 Å². The van der Waals surface area contributed by atoms with Crippen molar-refractivity contribution in [3.63, 3.8) is 0 Å². The molecule has 2 N–H and O–H groups in total. The van der Waals surface area contributed by atoms with Gasteiger partial charge < -0.3 is 14.7 Å². The van der Waals surface area contributed by atoms with Gasteiger partial charge in [0.25, 0.3) is 5.56 Å². The van der Waals surface area contributed by atoms with Crippen molar-refractivity contribution in [3.05, 3.63) is 64.5 Å². The zero-order chi connectivity index (χ0) is 13.4. The highest BCUT2D eigenvalue weighted by atomic mass is 16.1. The van der Waals surface area contributed by atoms with E-state index < -0.39 is 0 Å². The Morgan fingerprint density at radius 1 is 1.26 bits per heavy atom. The van der Waals surface area contributed by atoms with Gasteiger partial charge in [-0.15, -0.1) is 0 Å². The molecule has 5 heteroatoms. The normalized spacial score (nSPS) is 11.0. The number of nitrogen functional groups attached to an aromatic ring is 1. The van der Waals surface area contributed by atoms with Crippen molar-refractivity contribution in [1.82, 2.24) is 14.0 Å². The van der Waals surface area contributed by atoms with E-state index in [0.29, 0.717) is 12.2 Å². The summed E-state index contributed by atoms with van der Waals surface area (Å²) in [5, 5.41) is 0. The molecule has 0 aromatic carbocycles. The minimum Gasteiger partial charge on any atom is -0.398 e. The molecule has 0 radical (unpaired) electrons. The molecule has 3 rings (SSSR count). The molecule has 3 aromatic heterocycles. The molecule has 0 atom stereocenters. The van der Waals surface area contributed by atoms with Gasteiger partial charge in [0.1, 0.15) is 5.65 Å². The van der Waals surface area contributed by atoms with E-state index in [9.17, 15) is 4.79 Å². The molecule has 0 aliphatic heterocycles. The molecular formula is C14H14N4O. The van der Waals surface area contributed by atoms with E-state index in [2.05, 4.69) is 4.98 Å². The number of hydrogen-bond donors (Lipinski definition) is 1. The minimum absolute atomic E-state index is 0.0806. The van der Waals surface area contributed by atoms with E-state index in [4.69, 9.17) is 5.73 Å². The Bertz CT molecular complexity index is 801. The zero-order valence-corrected chi connectivity index (χ0v) is 10.6. The molecule has 0 unspecified atom stereocenters. The second-order valence-electron chi connectivity index (χ2n) is 4.58. The fourth-order valence-corrected chi connectivity index (χ4v) is 2.13. The maximum atomic E-state index is 11.7. The lowest BCUT2D eigenvalue weighted by molar-refractivity contribution is 0.746. The third-order valence-corrected chi connectivity index (χ3v) is 3.07. The van der Waals surface area contributed by atoms with Crippen molar-refractivity contribution in [3.8, 4) is 0 Å². The van der Waals surface area contributed by atoms with E-state index in [-0.39, 0.29) is 5.56 Å². The summed E-state index contributed by atoms with van der Waals surface area (Å²) < 4.78 is 3.52. The van der Waals surface area contributed by atoms with Crippen LogP contribution in [0, 0.1) is 6.92 Å². The smallest absolute Gasteiger partial charge is 0.251 e. The molecular weight excluding hydrogens is 240 g/mol. The quantitative estimate of drug-likeness (QED) is 0.752. The van der Waals surface area contributed by atoms with Crippen molar-refractivity contribution in [2.24, 2.45) is 0 Å². The van der Waals surface area contributed by atoms with Gasteiger partial charge in [0.15, 0.2) is 0 Å². The topological polar surface area (TPSA) is 65.3 Å². The molecule has 0 amide bonds. The molecule has 0 saturated heterocycles. The first-order valence-electron chi connectivity index (χ1n) is 6.02. The van der Waals surface area contributed by atoms with Gasteiger partial charge in [-0.3, -0.25) is 4.79 Å². The summed E-state index contributed by atoms with van der Waals surface area (Å²) in [6.07, 6.45) is 5.51. The van der Waals surface area contributed by atoms with Gasteiger partial charge in [-0.2, -0.15) is 0 Å². The van der Waals surface area contributed by atoms with E-state index in [0.717, 1.165) is 16.9 Å². The van der Waals surface area contributed by atoms with Crippen LogP contribution in [-0.2, 0) is 6.54 Å². The summed E-state index contributed by atoms with van der Waals surface area (Å²) in [5.74, 6) is 0. The van der Waals surface area contributed by atoms with Gasteiger partial charge in [-0.25, -0.2) is 4.98 Å². The van der Waals surface area contributed by atoms with Gasteiger partial charge in [0.05, 0.1) is 12.2 Å². The van der Waals surface area contributed by atoms with Crippen LogP contribution < -0.4 is 11.3 Å². The second-order valence-corrected chi connectivity index (χ2v) is 4.58. The second kappa shape index (κ2) is 4.28. The number of imidazole rings is 1. The zero-order valence-electron chi connectivity index (χ0n) is 10.6. The molecule has 0 bridgehead atoms. The summed E-state index contributed by atoms with van der Waals surface area (Å²) in [4.78, 5) is 16.3. The third-order valence-electron chi connectivity index (χ3n) is 3.07. The molecule has 0 fully saturated rings. The van der Waals surface area contributed by atoms with E-state index >= 15 is 0 Å². The van der Waals surface area contributed by atoms with Crippen molar-refractivity contribution in [2.45, 2.75) is 13.5 Å². The van der Waals surface area contributed by atoms with Crippen molar-refractivity contribution in [2.75, 3.05) is 5.73 Å². The average Bonchev–Trinajstić information content (AvgIpc) is 2.78. The van der Waals surface area contributed by atoms with Crippen LogP contribution in [-0.4, -0.2) is 14.0 Å². The summed E-state index contributed by atoms with van der Waals surface area (Å²) in [6.45, 7) is 2.43. The summed E-state index contributed by atoms with van der Waals surface area (Å²) >= 11 is 0. The van der Waals surface area contributed by atoms with Crippen LogP contribution in [0.4, 0.5) is 5.69 Å². The Morgan fingerprint density at radius 3 is 2.89 bits per heavy atom. The highest BCUT2D eigenvalue weighted by molar-refractivity contribution is 5.47. The molecule has 0 aliphatic carbocycles. The first kappa shape index (κ1) is 11.5. The lowest BCUT2D eigenvalue weighted by Crippen LogP contribution is -2.19. The van der Waals surface area contributed by atoms with Gasteiger partial charge in [0, 0.05) is 30.3 Å². The number of aromatic nitrogens is 3.